The van der Waals surface area contributed by atoms with E-state index in [1.165, 1.54) is 41.7 Å². The molecule has 1 aromatic carbocycles. The van der Waals surface area contributed by atoms with Crippen molar-refractivity contribution in [2.45, 2.75) is 24.7 Å². The molecule has 9 nitrogen and oxygen atoms in total. The Balaban J connectivity index is 1.57. The van der Waals surface area contributed by atoms with Crippen LogP contribution in [0.25, 0.3) is 10.8 Å². The molecule has 1 amide bonds. The second-order valence-corrected chi connectivity index (χ2v) is 9.64. The second kappa shape index (κ2) is 7.89. The number of amides is 1. The number of rotatable bonds is 5. The highest BCUT2D eigenvalue weighted by Gasteiger charge is 2.27. The Hall–Kier alpha value is -3.23. The molecule has 4 rings (SSSR count). The highest BCUT2D eigenvalue weighted by atomic mass is 32.2. The molecule has 1 N–H and O–H groups in total. The summed E-state index contributed by atoms with van der Waals surface area (Å²) in [6, 6.07) is 9.53. The van der Waals surface area contributed by atoms with E-state index in [0.29, 0.717) is 34.1 Å². The zero-order valence-corrected chi connectivity index (χ0v) is 17.6. The van der Waals surface area contributed by atoms with Gasteiger partial charge in [-0.2, -0.15) is 5.26 Å². The lowest BCUT2D eigenvalue weighted by Gasteiger charge is -2.11. The van der Waals surface area contributed by atoms with Crippen LogP contribution in [-0.4, -0.2) is 42.5 Å². The number of carbonyl (C=O) groups is 1. The van der Waals surface area contributed by atoms with Crippen LogP contribution in [0.4, 0.5) is 5.69 Å². The van der Waals surface area contributed by atoms with Crippen molar-refractivity contribution in [3.63, 3.8) is 0 Å². The first-order valence-corrected chi connectivity index (χ1v) is 11.4. The zero-order chi connectivity index (χ0) is 21.3. The molecular weight excluding hydrogens is 426 g/mol. The Labute approximate surface area is 177 Å². The van der Waals surface area contributed by atoms with Crippen LogP contribution in [-0.2, 0) is 10.0 Å². The molecule has 3 heterocycles. The summed E-state index contributed by atoms with van der Waals surface area (Å²) in [5.41, 5.74) is 0.778. The van der Waals surface area contributed by atoms with Crippen LogP contribution in [0.1, 0.15) is 34.0 Å². The van der Waals surface area contributed by atoms with E-state index in [2.05, 4.69) is 14.9 Å². The largest absolute Gasteiger partial charge is 0.411 e. The van der Waals surface area contributed by atoms with Gasteiger partial charge in [-0.3, -0.25) is 9.52 Å². The SMILES string of the molecule is Cc1sc(-c2nnc(C(=O)N3CCCC3)o2)cc1S(=O)(=O)Nc1ccc(C#N)cc1. The van der Waals surface area contributed by atoms with E-state index in [-0.39, 0.29) is 22.6 Å². The first-order valence-electron chi connectivity index (χ1n) is 9.14. The molecule has 0 saturated carbocycles. The molecule has 0 unspecified atom stereocenters. The Bertz CT molecular complexity index is 1230. The highest BCUT2D eigenvalue weighted by molar-refractivity contribution is 7.93. The van der Waals surface area contributed by atoms with Gasteiger partial charge in [0.15, 0.2) is 0 Å². The molecule has 0 bridgehead atoms. The molecule has 0 spiro atoms. The molecule has 1 aliphatic heterocycles. The fourth-order valence-electron chi connectivity index (χ4n) is 3.13. The fraction of sp³-hybridized carbons (Fsp3) is 0.263. The minimum Gasteiger partial charge on any atom is -0.411 e. The predicted molar refractivity (Wildman–Crippen MR) is 109 cm³/mol. The second-order valence-electron chi connectivity index (χ2n) is 6.74. The number of nitrogens with zero attached hydrogens (tertiary/aromatic N) is 4. The van der Waals surface area contributed by atoms with Crippen molar-refractivity contribution >= 4 is 33.0 Å². The van der Waals surface area contributed by atoms with Crippen LogP contribution < -0.4 is 4.72 Å². The summed E-state index contributed by atoms with van der Waals surface area (Å²) in [6.45, 7) is 3.00. The molecular formula is C19H17N5O4S2. The molecule has 2 aromatic heterocycles. The van der Waals surface area contributed by atoms with Crippen LogP contribution in [0, 0.1) is 18.3 Å². The summed E-state index contributed by atoms with van der Waals surface area (Å²) >= 11 is 1.18. The molecule has 1 saturated heterocycles. The molecule has 1 aliphatic rings. The standard InChI is InChI=1S/C19H17N5O4S2/c1-12-16(30(26,27)23-14-6-4-13(11-20)5-7-14)10-15(29-12)17-21-22-18(28-17)19(25)24-8-2-3-9-24/h4-7,10,23H,2-3,8-9H2,1H3. The van der Waals surface area contributed by atoms with Gasteiger partial charge < -0.3 is 9.32 Å². The van der Waals surface area contributed by atoms with Crippen molar-refractivity contribution in [1.82, 2.24) is 15.1 Å². The number of thiophene rings is 1. The number of nitriles is 1. The Kier molecular flexibility index (Phi) is 5.27. The third-order valence-corrected chi connectivity index (χ3v) is 7.32. The van der Waals surface area contributed by atoms with Gasteiger partial charge in [0.2, 0.25) is 0 Å². The topological polar surface area (TPSA) is 129 Å². The van der Waals surface area contributed by atoms with E-state index in [1.807, 2.05) is 6.07 Å². The number of aryl methyl sites for hydroxylation is 1. The molecule has 30 heavy (non-hydrogen) atoms. The molecule has 3 aromatic rings. The highest BCUT2D eigenvalue weighted by Crippen LogP contribution is 2.34. The average molecular weight is 444 g/mol. The van der Waals surface area contributed by atoms with Crippen LogP contribution in [0.5, 0.6) is 0 Å². The number of anilines is 1. The number of benzene rings is 1. The van der Waals surface area contributed by atoms with E-state index in [4.69, 9.17) is 9.68 Å². The summed E-state index contributed by atoms with van der Waals surface area (Å²) in [6.07, 6.45) is 1.90. The number of carbonyl (C=O) groups excluding carboxylic acids is 1. The molecule has 1 fully saturated rings. The quantitative estimate of drug-likeness (QED) is 0.641. The summed E-state index contributed by atoms with van der Waals surface area (Å²) in [5.74, 6) is -0.307. The first-order chi connectivity index (χ1) is 14.4. The normalized spacial score (nSPS) is 13.9. The van der Waals surface area contributed by atoms with Gasteiger partial charge in [-0.25, -0.2) is 8.42 Å². The Morgan fingerprint density at radius 2 is 1.93 bits per heavy atom. The van der Waals surface area contributed by atoms with Gasteiger partial charge in [0.1, 0.15) is 4.90 Å². The number of likely N-dealkylation sites (tertiary alicyclic amines) is 1. The lowest BCUT2D eigenvalue weighted by atomic mass is 10.2. The summed E-state index contributed by atoms with van der Waals surface area (Å²) < 4.78 is 33.6. The van der Waals surface area contributed by atoms with Gasteiger partial charge in [0, 0.05) is 23.7 Å². The third-order valence-electron chi connectivity index (χ3n) is 4.64. The summed E-state index contributed by atoms with van der Waals surface area (Å²) in [4.78, 5) is 15.1. The molecule has 0 radical (unpaired) electrons. The number of aromatic nitrogens is 2. The Morgan fingerprint density at radius 1 is 1.23 bits per heavy atom. The van der Waals surface area contributed by atoms with Crippen LogP contribution in [0.15, 0.2) is 39.6 Å². The van der Waals surface area contributed by atoms with E-state index in [0.717, 1.165) is 12.8 Å². The van der Waals surface area contributed by atoms with Gasteiger partial charge >= 0.3 is 11.8 Å². The number of hydrogen-bond acceptors (Lipinski definition) is 8. The van der Waals surface area contributed by atoms with Gasteiger partial charge in [0.05, 0.1) is 16.5 Å². The maximum Gasteiger partial charge on any atom is 0.311 e. The van der Waals surface area contributed by atoms with Crippen LogP contribution in [0.3, 0.4) is 0 Å². The van der Waals surface area contributed by atoms with Crippen LogP contribution in [0.2, 0.25) is 0 Å². The molecule has 154 valence electrons. The summed E-state index contributed by atoms with van der Waals surface area (Å²) in [7, 11) is -3.86. The maximum atomic E-state index is 12.8. The first kappa shape index (κ1) is 20.1. The smallest absolute Gasteiger partial charge is 0.311 e. The van der Waals surface area contributed by atoms with E-state index in [1.54, 1.807) is 11.8 Å². The van der Waals surface area contributed by atoms with Gasteiger partial charge in [-0.1, -0.05) is 0 Å². The fourth-order valence-corrected chi connectivity index (χ4v) is 5.70. The number of hydrogen-bond donors (Lipinski definition) is 1. The van der Waals surface area contributed by atoms with Gasteiger partial charge in [0.25, 0.3) is 15.9 Å². The number of sulfonamides is 1. The Morgan fingerprint density at radius 3 is 2.60 bits per heavy atom. The van der Waals surface area contributed by atoms with Crippen molar-refractivity contribution in [3.8, 4) is 16.8 Å². The van der Waals surface area contributed by atoms with Crippen molar-refractivity contribution < 1.29 is 17.6 Å². The van der Waals surface area contributed by atoms with Gasteiger partial charge in [-0.15, -0.1) is 21.5 Å². The monoisotopic (exact) mass is 443 g/mol. The van der Waals surface area contributed by atoms with Crippen LogP contribution >= 0.6 is 11.3 Å². The van der Waals surface area contributed by atoms with E-state index >= 15 is 0 Å². The van der Waals surface area contributed by atoms with E-state index in [9.17, 15) is 13.2 Å². The molecule has 11 heteroatoms. The predicted octanol–water partition coefficient (Wildman–Crippen LogP) is 3.02. The lowest BCUT2D eigenvalue weighted by Crippen LogP contribution is -2.27. The third kappa shape index (κ3) is 3.92. The van der Waals surface area contributed by atoms with Gasteiger partial charge in [-0.05, 0) is 50.1 Å². The lowest BCUT2D eigenvalue weighted by molar-refractivity contribution is 0.0754. The molecule has 0 aliphatic carbocycles. The minimum atomic E-state index is -3.86. The van der Waals surface area contributed by atoms with Crippen molar-refractivity contribution in [3.05, 3.63) is 46.7 Å². The average Bonchev–Trinajstić information content (AvgIpc) is 3.48. The van der Waals surface area contributed by atoms with E-state index < -0.39 is 10.0 Å². The van der Waals surface area contributed by atoms with Crippen molar-refractivity contribution in [2.24, 2.45) is 0 Å². The van der Waals surface area contributed by atoms with Crippen molar-refractivity contribution in [1.29, 1.82) is 5.26 Å². The minimum absolute atomic E-state index is 0.0810. The van der Waals surface area contributed by atoms with Crippen molar-refractivity contribution in [2.75, 3.05) is 17.8 Å². The molecule has 0 atom stereocenters. The number of nitrogens with one attached hydrogen (secondary N) is 1. The maximum absolute atomic E-state index is 12.8. The summed E-state index contributed by atoms with van der Waals surface area (Å²) in [5, 5.41) is 16.6. The zero-order valence-electron chi connectivity index (χ0n) is 16.0.